The van der Waals surface area contributed by atoms with E-state index < -0.39 is 17.5 Å². The zero-order valence-electron chi connectivity index (χ0n) is 13.3. The van der Waals surface area contributed by atoms with Gasteiger partial charge in [0.25, 0.3) is 5.91 Å². The second-order valence-electron chi connectivity index (χ2n) is 6.20. The van der Waals surface area contributed by atoms with E-state index in [4.69, 9.17) is 0 Å². The van der Waals surface area contributed by atoms with E-state index in [1.165, 1.54) is 6.07 Å². The van der Waals surface area contributed by atoms with E-state index in [0.29, 0.717) is 5.82 Å². The second-order valence-corrected chi connectivity index (χ2v) is 6.20. The molecular weight excluding hydrogens is 328 g/mol. The molecule has 4 rings (SSSR count). The summed E-state index contributed by atoms with van der Waals surface area (Å²) < 4.78 is 27.0. The van der Waals surface area contributed by atoms with Crippen LogP contribution in [-0.2, 0) is 0 Å². The maximum absolute atomic E-state index is 13.7. The van der Waals surface area contributed by atoms with Gasteiger partial charge in [-0.2, -0.15) is 5.10 Å². The molecule has 0 radical (unpaired) electrons. The predicted molar refractivity (Wildman–Crippen MR) is 89.4 cm³/mol. The molecular formula is C17H17F2N5O. The molecule has 2 aromatic heterocycles. The molecule has 0 unspecified atom stereocenters. The van der Waals surface area contributed by atoms with Crippen molar-refractivity contribution in [2.45, 2.75) is 25.3 Å². The van der Waals surface area contributed by atoms with Crippen LogP contribution >= 0.6 is 0 Å². The molecule has 1 saturated heterocycles. The standard InChI is InChI=1S/C17H17F2N5O/c18-9-5-11(19)10-7-15(21-13(10)6-9)17(25)22-16-8-14(23-24-16)12-3-1-2-4-20-12/h5-8,12,20-21H,1-4H2,(H2,22,23,24,25)/t12-/m0/s1. The third-order valence-corrected chi connectivity index (χ3v) is 4.42. The summed E-state index contributed by atoms with van der Waals surface area (Å²) in [7, 11) is 0. The lowest BCUT2D eigenvalue weighted by Crippen LogP contribution is -2.26. The van der Waals surface area contributed by atoms with Crippen LogP contribution in [0.25, 0.3) is 10.9 Å². The highest BCUT2D eigenvalue weighted by Crippen LogP contribution is 2.24. The highest BCUT2D eigenvalue weighted by Gasteiger charge is 2.18. The fourth-order valence-electron chi connectivity index (χ4n) is 3.16. The average Bonchev–Trinajstić information content (AvgIpc) is 3.22. The van der Waals surface area contributed by atoms with Crippen LogP contribution in [0.5, 0.6) is 0 Å². The van der Waals surface area contributed by atoms with Crippen LogP contribution in [0, 0.1) is 11.6 Å². The fourth-order valence-corrected chi connectivity index (χ4v) is 3.16. The number of aromatic nitrogens is 3. The maximum atomic E-state index is 13.7. The fraction of sp³-hybridized carbons (Fsp3) is 0.294. The lowest BCUT2D eigenvalue weighted by Gasteiger charge is -2.21. The molecule has 1 aromatic carbocycles. The molecule has 25 heavy (non-hydrogen) atoms. The number of H-pyrrole nitrogens is 2. The third-order valence-electron chi connectivity index (χ3n) is 4.42. The van der Waals surface area contributed by atoms with Crippen LogP contribution in [0.15, 0.2) is 24.3 Å². The first-order valence-corrected chi connectivity index (χ1v) is 8.18. The molecule has 3 aromatic rings. The monoisotopic (exact) mass is 345 g/mol. The second kappa shape index (κ2) is 6.29. The first kappa shape index (κ1) is 15.8. The van der Waals surface area contributed by atoms with E-state index >= 15 is 0 Å². The van der Waals surface area contributed by atoms with Crippen molar-refractivity contribution in [1.29, 1.82) is 0 Å². The Kier molecular flexibility index (Phi) is 3.96. The van der Waals surface area contributed by atoms with E-state index in [1.807, 2.05) is 0 Å². The largest absolute Gasteiger partial charge is 0.350 e. The summed E-state index contributed by atoms with van der Waals surface area (Å²) in [5, 5.41) is 13.2. The number of anilines is 1. The summed E-state index contributed by atoms with van der Waals surface area (Å²) in [6, 6.07) is 5.28. The van der Waals surface area contributed by atoms with Gasteiger partial charge < -0.3 is 15.6 Å². The third kappa shape index (κ3) is 3.12. The normalized spacial score (nSPS) is 17.8. The first-order valence-electron chi connectivity index (χ1n) is 8.18. The number of nitrogens with zero attached hydrogens (tertiary/aromatic N) is 1. The summed E-state index contributed by atoms with van der Waals surface area (Å²) in [4.78, 5) is 15.1. The number of halogens is 2. The number of hydrogen-bond donors (Lipinski definition) is 4. The molecule has 8 heteroatoms. The topological polar surface area (TPSA) is 85.6 Å². The predicted octanol–water partition coefficient (Wildman–Crippen LogP) is 3.24. The smallest absolute Gasteiger partial charge is 0.273 e. The summed E-state index contributed by atoms with van der Waals surface area (Å²) in [5.74, 6) is -1.49. The number of rotatable bonds is 3. The average molecular weight is 345 g/mol. The van der Waals surface area contributed by atoms with Crippen molar-refractivity contribution in [1.82, 2.24) is 20.5 Å². The maximum Gasteiger partial charge on any atom is 0.273 e. The Morgan fingerprint density at radius 3 is 2.88 bits per heavy atom. The van der Waals surface area contributed by atoms with Gasteiger partial charge in [-0.3, -0.25) is 9.89 Å². The molecule has 0 bridgehead atoms. The molecule has 1 atom stereocenters. The Labute approximate surface area is 142 Å². The zero-order chi connectivity index (χ0) is 17.4. The van der Waals surface area contributed by atoms with Gasteiger partial charge in [0.15, 0.2) is 5.82 Å². The number of carbonyl (C=O) groups excluding carboxylic acids is 1. The molecule has 1 amide bonds. The van der Waals surface area contributed by atoms with E-state index in [0.717, 1.165) is 43.6 Å². The molecule has 1 fully saturated rings. The Balaban J connectivity index is 1.52. The summed E-state index contributed by atoms with van der Waals surface area (Å²) in [6.45, 7) is 0.961. The summed E-state index contributed by atoms with van der Waals surface area (Å²) in [5.41, 5.74) is 1.29. The van der Waals surface area contributed by atoms with Crippen LogP contribution in [0.3, 0.4) is 0 Å². The van der Waals surface area contributed by atoms with E-state index in [-0.39, 0.29) is 22.6 Å². The van der Waals surface area contributed by atoms with Crippen molar-refractivity contribution in [3.63, 3.8) is 0 Å². The summed E-state index contributed by atoms with van der Waals surface area (Å²) in [6.07, 6.45) is 3.32. The van der Waals surface area contributed by atoms with Crippen molar-refractivity contribution in [3.05, 3.63) is 47.3 Å². The van der Waals surface area contributed by atoms with Gasteiger partial charge in [-0.1, -0.05) is 6.42 Å². The van der Waals surface area contributed by atoms with Gasteiger partial charge in [0.2, 0.25) is 0 Å². The first-order chi connectivity index (χ1) is 12.1. The molecule has 1 aliphatic heterocycles. The van der Waals surface area contributed by atoms with Crippen LogP contribution in [0.1, 0.15) is 41.5 Å². The molecule has 4 N–H and O–H groups in total. The van der Waals surface area contributed by atoms with Crippen molar-refractivity contribution in [2.24, 2.45) is 0 Å². The lowest BCUT2D eigenvalue weighted by molar-refractivity contribution is 0.102. The molecule has 3 heterocycles. The Bertz CT molecular complexity index is 926. The van der Waals surface area contributed by atoms with Crippen molar-refractivity contribution in [3.8, 4) is 0 Å². The van der Waals surface area contributed by atoms with Gasteiger partial charge >= 0.3 is 0 Å². The van der Waals surface area contributed by atoms with Crippen molar-refractivity contribution in [2.75, 3.05) is 11.9 Å². The van der Waals surface area contributed by atoms with Crippen LogP contribution < -0.4 is 10.6 Å². The molecule has 1 aliphatic rings. The van der Waals surface area contributed by atoms with Gasteiger partial charge in [0, 0.05) is 23.6 Å². The Morgan fingerprint density at radius 1 is 1.20 bits per heavy atom. The zero-order valence-corrected chi connectivity index (χ0v) is 13.3. The molecule has 0 aliphatic carbocycles. The SMILES string of the molecule is O=C(Nc1cc([C@@H]2CCCCN2)[nH]n1)c1cc2c(F)cc(F)cc2[nH]1. The van der Waals surface area contributed by atoms with Crippen molar-refractivity contribution >= 4 is 22.6 Å². The van der Waals surface area contributed by atoms with E-state index in [9.17, 15) is 13.6 Å². The number of carbonyl (C=O) groups is 1. The number of aromatic amines is 2. The molecule has 6 nitrogen and oxygen atoms in total. The highest BCUT2D eigenvalue weighted by atomic mass is 19.1. The number of nitrogens with one attached hydrogen (secondary N) is 4. The van der Waals surface area contributed by atoms with Gasteiger partial charge in [-0.05, 0) is 31.5 Å². The number of amides is 1. The van der Waals surface area contributed by atoms with Crippen LogP contribution in [0.4, 0.5) is 14.6 Å². The molecule has 130 valence electrons. The minimum Gasteiger partial charge on any atom is -0.350 e. The molecule has 0 spiro atoms. The van der Waals surface area contributed by atoms with Gasteiger partial charge in [-0.15, -0.1) is 0 Å². The van der Waals surface area contributed by atoms with Gasteiger partial charge in [0.1, 0.15) is 17.3 Å². The van der Waals surface area contributed by atoms with Gasteiger partial charge in [-0.25, -0.2) is 8.78 Å². The summed E-state index contributed by atoms with van der Waals surface area (Å²) >= 11 is 0. The number of piperidine rings is 1. The minimum atomic E-state index is -0.712. The lowest BCUT2D eigenvalue weighted by atomic mass is 10.0. The highest BCUT2D eigenvalue weighted by molar-refractivity contribution is 6.05. The minimum absolute atomic E-state index is 0.139. The van der Waals surface area contributed by atoms with Crippen LogP contribution in [-0.4, -0.2) is 27.6 Å². The number of fused-ring (bicyclic) bond motifs is 1. The van der Waals surface area contributed by atoms with E-state index in [2.05, 4.69) is 25.8 Å². The molecule has 0 saturated carbocycles. The Morgan fingerprint density at radius 2 is 2.08 bits per heavy atom. The quantitative estimate of drug-likeness (QED) is 0.588. The van der Waals surface area contributed by atoms with Gasteiger partial charge in [0.05, 0.1) is 11.2 Å². The number of benzene rings is 1. The van der Waals surface area contributed by atoms with Crippen LogP contribution in [0.2, 0.25) is 0 Å². The van der Waals surface area contributed by atoms with Crippen molar-refractivity contribution < 1.29 is 13.6 Å². The number of hydrogen-bond acceptors (Lipinski definition) is 3. The van der Waals surface area contributed by atoms with E-state index in [1.54, 1.807) is 6.07 Å². The Hall–Kier alpha value is -2.74.